The van der Waals surface area contributed by atoms with Crippen LogP contribution in [-0.4, -0.2) is 32.3 Å². The van der Waals surface area contributed by atoms with Crippen molar-refractivity contribution in [2.24, 2.45) is 0 Å². The molecule has 0 bridgehead atoms. The molecule has 8 nitrogen and oxygen atoms in total. The number of aromatic nitrogens is 4. The van der Waals surface area contributed by atoms with Crippen LogP contribution in [0.1, 0.15) is 25.0 Å². The number of ether oxygens (including phenoxy) is 1. The highest BCUT2D eigenvalue weighted by molar-refractivity contribution is 5.92. The molecule has 0 fully saturated rings. The van der Waals surface area contributed by atoms with Crippen molar-refractivity contribution in [2.75, 3.05) is 11.9 Å². The summed E-state index contributed by atoms with van der Waals surface area (Å²) in [5.41, 5.74) is 6.10. The number of hydrogen-bond donors (Lipinski definition) is 1. The first kappa shape index (κ1) is 22.3. The monoisotopic (exact) mass is 467 g/mol. The third-order valence-corrected chi connectivity index (χ3v) is 5.74. The van der Waals surface area contributed by atoms with Gasteiger partial charge in [0.25, 0.3) is 5.91 Å². The van der Waals surface area contributed by atoms with Crippen LogP contribution in [0.5, 0.6) is 5.75 Å². The molecule has 0 atom stereocenters. The zero-order valence-electron chi connectivity index (χ0n) is 19.6. The average molecular weight is 468 g/mol. The van der Waals surface area contributed by atoms with E-state index < -0.39 is 0 Å². The summed E-state index contributed by atoms with van der Waals surface area (Å²) in [5, 5.41) is 10.6. The number of carbonyl (C=O) groups is 1. The zero-order valence-corrected chi connectivity index (χ0v) is 19.6. The number of anilines is 1. The number of aryl methyl sites for hydroxylation is 2. The normalized spacial score (nSPS) is 11.0. The summed E-state index contributed by atoms with van der Waals surface area (Å²) in [5.74, 6) is 0.806. The minimum atomic E-state index is -0.276. The van der Waals surface area contributed by atoms with E-state index in [1.165, 1.54) is 5.56 Å². The number of nitrogens with zero attached hydrogens (tertiary/aromatic N) is 4. The maximum absolute atomic E-state index is 12.7. The second kappa shape index (κ2) is 9.80. The van der Waals surface area contributed by atoms with Gasteiger partial charge in [-0.1, -0.05) is 32.0 Å². The van der Waals surface area contributed by atoms with E-state index in [4.69, 9.17) is 9.15 Å². The number of fused-ring (bicyclic) bond motifs is 1. The van der Waals surface area contributed by atoms with Gasteiger partial charge in [0.1, 0.15) is 23.9 Å². The lowest BCUT2D eigenvalue weighted by atomic mass is 10.1. The van der Waals surface area contributed by atoms with E-state index in [-0.39, 0.29) is 12.5 Å². The molecule has 3 aromatic carbocycles. The highest BCUT2D eigenvalue weighted by Crippen LogP contribution is 2.27. The topological polar surface area (TPSA) is 95.1 Å². The van der Waals surface area contributed by atoms with E-state index >= 15 is 0 Å². The van der Waals surface area contributed by atoms with Gasteiger partial charge in [0, 0.05) is 11.3 Å². The molecule has 0 aliphatic rings. The quantitative estimate of drug-likeness (QED) is 0.336. The molecule has 2 aromatic heterocycles. The first-order chi connectivity index (χ1) is 17.1. The predicted molar refractivity (Wildman–Crippen MR) is 134 cm³/mol. The Bertz CT molecular complexity index is 1470. The van der Waals surface area contributed by atoms with Crippen LogP contribution in [0.25, 0.3) is 28.2 Å². The summed E-state index contributed by atoms with van der Waals surface area (Å²) in [6, 6.07) is 19.3. The second-order valence-electron chi connectivity index (χ2n) is 8.12. The number of rotatable bonds is 8. The van der Waals surface area contributed by atoms with Crippen molar-refractivity contribution in [1.29, 1.82) is 0 Å². The number of nitrogens with one attached hydrogen (secondary N) is 1. The zero-order chi connectivity index (χ0) is 24.2. The molecule has 0 unspecified atom stereocenters. The Morgan fingerprint density at radius 2 is 1.74 bits per heavy atom. The smallest absolute Gasteiger partial charge is 0.262 e. The fourth-order valence-corrected chi connectivity index (χ4v) is 3.82. The number of benzene rings is 3. The van der Waals surface area contributed by atoms with Gasteiger partial charge in [-0.2, -0.15) is 0 Å². The van der Waals surface area contributed by atoms with Crippen molar-refractivity contribution >= 4 is 22.7 Å². The molecule has 0 saturated carbocycles. The van der Waals surface area contributed by atoms with Crippen molar-refractivity contribution in [2.45, 2.75) is 26.7 Å². The van der Waals surface area contributed by atoms with Gasteiger partial charge in [-0.05, 0) is 66.4 Å². The van der Waals surface area contributed by atoms with E-state index in [2.05, 4.69) is 34.3 Å². The molecule has 176 valence electrons. The van der Waals surface area contributed by atoms with E-state index in [0.717, 1.165) is 40.8 Å². The first-order valence-corrected chi connectivity index (χ1v) is 11.5. The molecule has 0 aliphatic carbocycles. The van der Waals surface area contributed by atoms with Gasteiger partial charge in [-0.25, -0.2) is 4.98 Å². The van der Waals surface area contributed by atoms with Crippen molar-refractivity contribution < 1.29 is 13.9 Å². The molecule has 5 rings (SSSR count). The van der Waals surface area contributed by atoms with Crippen molar-refractivity contribution in [3.63, 3.8) is 0 Å². The van der Waals surface area contributed by atoms with Crippen LogP contribution >= 0.6 is 0 Å². The Labute approximate surface area is 202 Å². The Balaban J connectivity index is 1.29. The molecule has 35 heavy (non-hydrogen) atoms. The molecule has 1 N–H and O–H groups in total. The Kier molecular flexibility index (Phi) is 6.26. The minimum Gasteiger partial charge on any atom is -0.482 e. The van der Waals surface area contributed by atoms with Crippen molar-refractivity contribution in [1.82, 2.24) is 19.7 Å². The van der Waals surface area contributed by atoms with Gasteiger partial charge in [0.05, 0.1) is 5.69 Å². The van der Waals surface area contributed by atoms with Crippen LogP contribution in [0, 0.1) is 0 Å². The molecule has 8 heteroatoms. The van der Waals surface area contributed by atoms with Crippen LogP contribution in [0.2, 0.25) is 0 Å². The largest absolute Gasteiger partial charge is 0.482 e. The molecule has 0 saturated heterocycles. The average Bonchev–Trinajstić information content (AvgIpc) is 3.57. The maximum atomic E-state index is 12.7. The van der Waals surface area contributed by atoms with Gasteiger partial charge in [0.2, 0.25) is 5.89 Å². The Morgan fingerprint density at radius 3 is 2.54 bits per heavy atom. The molecule has 0 aliphatic heterocycles. The van der Waals surface area contributed by atoms with E-state index in [0.29, 0.717) is 17.3 Å². The highest BCUT2D eigenvalue weighted by Gasteiger charge is 2.12. The number of hydrogen-bond acceptors (Lipinski definition) is 6. The van der Waals surface area contributed by atoms with Crippen LogP contribution in [0.4, 0.5) is 5.69 Å². The molecule has 5 aromatic rings. The molecule has 1 amide bonds. The van der Waals surface area contributed by atoms with Crippen LogP contribution in [0.3, 0.4) is 0 Å². The molecular formula is C27H25N5O3. The summed E-state index contributed by atoms with van der Waals surface area (Å²) in [6.45, 7) is 4.04. The van der Waals surface area contributed by atoms with Gasteiger partial charge in [0.15, 0.2) is 12.2 Å². The van der Waals surface area contributed by atoms with Gasteiger partial charge in [-0.3, -0.25) is 9.36 Å². The standard InChI is InChI=1S/C27H25N5O3/c1-3-18-8-10-24-22(12-18)31-27(35-24)20-6-5-7-21(14-20)30-26(33)15-34-25-11-9-19(4-2)13-23(25)32-16-28-29-17-32/h5-14,16-17H,3-4,15H2,1-2H3,(H,30,33). The lowest BCUT2D eigenvalue weighted by Gasteiger charge is -2.13. The predicted octanol–water partition coefficient (Wildman–Crippen LogP) is 5.22. The molecular weight excluding hydrogens is 442 g/mol. The second-order valence-corrected chi connectivity index (χ2v) is 8.12. The fraction of sp³-hybridized carbons (Fsp3) is 0.185. The van der Waals surface area contributed by atoms with Crippen LogP contribution < -0.4 is 10.1 Å². The van der Waals surface area contributed by atoms with E-state index in [1.54, 1.807) is 17.2 Å². The first-order valence-electron chi connectivity index (χ1n) is 11.5. The van der Waals surface area contributed by atoms with Gasteiger partial charge in [-0.15, -0.1) is 10.2 Å². The molecule has 2 heterocycles. The van der Waals surface area contributed by atoms with Gasteiger partial charge >= 0.3 is 0 Å². The van der Waals surface area contributed by atoms with Crippen LogP contribution in [0.15, 0.2) is 77.7 Å². The van der Waals surface area contributed by atoms with E-state index in [9.17, 15) is 4.79 Å². The maximum Gasteiger partial charge on any atom is 0.262 e. The Hall–Kier alpha value is -4.46. The third kappa shape index (κ3) is 4.91. The molecule has 0 radical (unpaired) electrons. The summed E-state index contributed by atoms with van der Waals surface area (Å²) >= 11 is 0. The van der Waals surface area contributed by atoms with Gasteiger partial charge < -0.3 is 14.5 Å². The fourth-order valence-electron chi connectivity index (χ4n) is 3.82. The summed E-state index contributed by atoms with van der Waals surface area (Å²) in [7, 11) is 0. The van der Waals surface area contributed by atoms with Crippen molar-refractivity contribution in [3.05, 3.63) is 84.4 Å². The number of amides is 1. The van der Waals surface area contributed by atoms with Crippen LogP contribution in [-0.2, 0) is 17.6 Å². The Morgan fingerprint density at radius 1 is 0.971 bits per heavy atom. The summed E-state index contributed by atoms with van der Waals surface area (Å²) in [4.78, 5) is 17.3. The van der Waals surface area contributed by atoms with Crippen molar-refractivity contribution in [3.8, 4) is 22.9 Å². The SMILES string of the molecule is CCc1ccc(OCC(=O)Nc2cccc(-c3nc4cc(CC)ccc4o3)c2)c(-n2cnnc2)c1. The highest BCUT2D eigenvalue weighted by atomic mass is 16.5. The summed E-state index contributed by atoms with van der Waals surface area (Å²) in [6.07, 6.45) is 5.02. The molecule has 0 spiro atoms. The lowest BCUT2D eigenvalue weighted by Crippen LogP contribution is -2.20. The van der Waals surface area contributed by atoms with E-state index in [1.807, 2.05) is 60.7 Å². The third-order valence-electron chi connectivity index (χ3n) is 5.74. The minimum absolute atomic E-state index is 0.145. The number of carbonyl (C=O) groups excluding carboxylic acids is 1. The number of oxazole rings is 1. The lowest BCUT2D eigenvalue weighted by molar-refractivity contribution is -0.118. The summed E-state index contributed by atoms with van der Waals surface area (Å²) < 4.78 is 13.5.